The Bertz CT molecular complexity index is 1310. The van der Waals surface area contributed by atoms with E-state index < -0.39 is 0 Å². The molecule has 0 radical (unpaired) electrons. The standard InChI is InChI=1S/C29H27FN4OS/c1-21(34-15-13-33(14-16-34)19-22-2-7-26(30)8-3-22)24-6-11-28(31-18-24)29(35)32-27-9-4-23(5-10-27)25-12-17-36-20-25/h2-12,17-18,20H,1,13-16,19H2,(H,32,35). The van der Waals surface area contributed by atoms with Crippen LogP contribution in [0.4, 0.5) is 10.1 Å². The maximum absolute atomic E-state index is 13.1. The van der Waals surface area contributed by atoms with Gasteiger partial charge in [0.15, 0.2) is 0 Å². The van der Waals surface area contributed by atoms with Crippen molar-refractivity contribution in [2.75, 3.05) is 31.5 Å². The van der Waals surface area contributed by atoms with Crippen molar-refractivity contribution in [2.24, 2.45) is 0 Å². The van der Waals surface area contributed by atoms with Crippen molar-refractivity contribution in [1.29, 1.82) is 0 Å². The number of rotatable bonds is 7. The van der Waals surface area contributed by atoms with Crippen molar-refractivity contribution in [3.05, 3.63) is 113 Å². The third-order valence-electron chi connectivity index (χ3n) is 6.40. The van der Waals surface area contributed by atoms with E-state index >= 15 is 0 Å². The largest absolute Gasteiger partial charge is 0.369 e. The van der Waals surface area contributed by atoms with Gasteiger partial charge < -0.3 is 10.2 Å². The second-order valence-electron chi connectivity index (χ2n) is 8.81. The van der Waals surface area contributed by atoms with E-state index in [0.29, 0.717) is 5.69 Å². The van der Waals surface area contributed by atoms with Crippen molar-refractivity contribution in [3.8, 4) is 11.1 Å². The van der Waals surface area contributed by atoms with E-state index in [9.17, 15) is 9.18 Å². The lowest BCUT2D eigenvalue weighted by molar-refractivity contribution is 0.102. The lowest BCUT2D eigenvalue weighted by Crippen LogP contribution is -2.44. The molecule has 0 unspecified atom stereocenters. The van der Waals surface area contributed by atoms with E-state index in [-0.39, 0.29) is 11.7 Å². The van der Waals surface area contributed by atoms with Gasteiger partial charge in [-0.15, -0.1) is 0 Å². The fraction of sp³-hybridized carbons (Fsp3) is 0.172. The highest BCUT2D eigenvalue weighted by atomic mass is 32.1. The molecule has 7 heteroatoms. The van der Waals surface area contributed by atoms with Crippen LogP contribution in [0.5, 0.6) is 0 Å². The highest BCUT2D eigenvalue weighted by Gasteiger charge is 2.19. The first-order chi connectivity index (χ1) is 17.5. The van der Waals surface area contributed by atoms with Crippen LogP contribution in [-0.2, 0) is 6.54 Å². The Morgan fingerprint density at radius 2 is 1.69 bits per heavy atom. The summed E-state index contributed by atoms with van der Waals surface area (Å²) in [6, 6.07) is 20.2. The van der Waals surface area contributed by atoms with Crippen LogP contribution in [0, 0.1) is 5.82 Å². The fourth-order valence-electron chi connectivity index (χ4n) is 4.28. The van der Waals surface area contributed by atoms with E-state index in [1.165, 1.54) is 17.7 Å². The first-order valence-electron chi connectivity index (χ1n) is 11.9. The van der Waals surface area contributed by atoms with Gasteiger partial charge in [-0.05, 0) is 69.9 Å². The SMILES string of the molecule is C=C(c1ccc(C(=O)Nc2ccc(-c3ccsc3)cc2)nc1)N1CCN(Cc2ccc(F)cc2)CC1. The van der Waals surface area contributed by atoms with Crippen LogP contribution < -0.4 is 5.32 Å². The molecule has 3 heterocycles. The number of nitrogens with one attached hydrogen (secondary N) is 1. The molecule has 5 nitrogen and oxygen atoms in total. The molecule has 36 heavy (non-hydrogen) atoms. The van der Waals surface area contributed by atoms with Gasteiger partial charge in [0.05, 0.1) is 0 Å². The van der Waals surface area contributed by atoms with Gasteiger partial charge in [-0.1, -0.05) is 30.8 Å². The number of benzene rings is 2. The maximum Gasteiger partial charge on any atom is 0.274 e. The molecule has 1 amide bonds. The van der Waals surface area contributed by atoms with E-state index in [0.717, 1.165) is 60.8 Å². The number of piperazine rings is 1. The summed E-state index contributed by atoms with van der Waals surface area (Å²) in [6.45, 7) is 8.57. The molecule has 182 valence electrons. The Hall–Kier alpha value is -3.81. The van der Waals surface area contributed by atoms with Crippen molar-refractivity contribution in [2.45, 2.75) is 6.54 Å². The average Bonchev–Trinajstić information content (AvgIpc) is 3.46. The number of hydrogen-bond donors (Lipinski definition) is 1. The minimum absolute atomic E-state index is 0.208. The summed E-state index contributed by atoms with van der Waals surface area (Å²) in [5.41, 5.74) is 6.29. The van der Waals surface area contributed by atoms with Crippen LogP contribution in [0.3, 0.4) is 0 Å². The van der Waals surface area contributed by atoms with Crippen LogP contribution in [-0.4, -0.2) is 46.9 Å². The van der Waals surface area contributed by atoms with Crippen molar-refractivity contribution in [1.82, 2.24) is 14.8 Å². The van der Waals surface area contributed by atoms with E-state index in [4.69, 9.17) is 0 Å². The fourth-order valence-corrected chi connectivity index (χ4v) is 4.94. The number of carbonyl (C=O) groups excluding carboxylic acids is 1. The lowest BCUT2D eigenvalue weighted by atomic mass is 10.1. The molecule has 1 fully saturated rings. The Labute approximate surface area is 214 Å². The predicted octanol–water partition coefficient (Wildman–Crippen LogP) is 5.99. The Morgan fingerprint density at radius 1 is 0.944 bits per heavy atom. The number of pyridine rings is 1. The topological polar surface area (TPSA) is 48.5 Å². The Kier molecular flexibility index (Phi) is 7.21. The molecular weight excluding hydrogens is 471 g/mol. The second-order valence-corrected chi connectivity index (χ2v) is 9.59. The summed E-state index contributed by atoms with van der Waals surface area (Å²) in [7, 11) is 0. The molecule has 1 aliphatic heterocycles. The van der Waals surface area contributed by atoms with Gasteiger partial charge in [0.1, 0.15) is 11.5 Å². The van der Waals surface area contributed by atoms with E-state index in [2.05, 4.69) is 38.1 Å². The number of anilines is 1. The molecule has 0 atom stereocenters. The molecule has 1 saturated heterocycles. The molecule has 0 aliphatic carbocycles. The Balaban J connectivity index is 1.13. The summed E-state index contributed by atoms with van der Waals surface area (Å²) < 4.78 is 13.1. The lowest BCUT2D eigenvalue weighted by Gasteiger charge is -2.37. The quantitative estimate of drug-likeness (QED) is 0.340. The number of nitrogens with zero attached hydrogens (tertiary/aromatic N) is 3. The zero-order valence-electron chi connectivity index (χ0n) is 19.9. The normalized spacial score (nSPS) is 14.0. The first-order valence-corrected chi connectivity index (χ1v) is 12.8. The summed E-state index contributed by atoms with van der Waals surface area (Å²) in [5.74, 6) is -0.453. The number of halogens is 1. The number of hydrogen-bond acceptors (Lipinski definition) is 5. The first kappa shape index (κ1) is 23.9. The molecule has 2 aromatic carbocycles. The van der Waals surface area contributed by atoms with Crippen molar-refractivity contribution >= 4 is 28.6 Å². The molecule has 0 bridgehead atoms. The van der Waals surface area contributed by atoms with Crippen molar-refractivity contribution < 1.29 is 9.18 Å². The highest BCUT2D eigenvalue weighted by molar-refractivity contribution is 7.08. The van der Waals surface area contributed by atoms with Gasteiger partial charge in [0.2, 0.25) is 0 Å². The average molecular weight is 499 g/mol. The van der Waals surface area contributed by atoms with Crippen LogP contribution in [0.1, 0.15) is 21.6 Å². The van der Waals surface area contributed by atoms with Crippen LogP contribution in [0.15, 0.2) is 90.3 Å². The van der Waals surface area contributed by atoms with Crippen molar-refractivity contribution in [3.63, 3.8) is 0 Å². The van der Waals surface area contributed by atoms with Gasteiger partial charge in [-0.3, -0.25) is 14.7 Å². The molecule has 0 saturated carbocycles. The predicted molar refractivity (Wildman–Crippen MR) is 144 cm³/mol. The molecule has 4 aromatic rings. The zero-order valence-corrected chi connectivity index (χ0v) is 20.7. The molecular formula is C29H27FN4OS. The van der Waals surface area contributed by atoms with Gasteiger partial charge in [-0.2, -0.15) is 11.3 Å². The summed E-state index contributed by atoms with van der Waals surface area (Å²) in [6.07, 6.45) is 1.71. The third-order valence-corrected chi connectivity index (χ3v) is 7.08. The highest BCUT2D eigenvalue weighted by Crippen LogP contribution is 2.24. The molecule has 5 rings (SSSR count). The Morgan fingerprint density at radius 3 is 2.33 bits per heavy atom. The van der Waals surface area contributed by atoms with E-state index in [1.807, 2.05) is 47.8 Å². The minimum atomic E-state index is -0.246. The van der Waals surface area contributed by atoms with Crippen LogP contribution in [0.25, 0.3) is 16.8 Å². The maximum atomic E-state index is 13.1. The zero-order chi connectivity index (χ0) is 24.9. The number of thiophene rings is 1. The number of aromatic nitrogens is 1. The van der Waals surface area contributed by atoms with Crippen LogP contribution >= 0.6 is 11.3 Å². The summed E-state index contributed by atoms with van der Waals surface area (Å²) >= 11 is 1.66. The molecule has 0 spiro atoms. The monoisotopic (exact) mass is 498 g/mol. The van der Waals surface area contributed by atoms with E-state index in [1.54, 1.807) is 23.6 Å². The van der Waals surface area contributed by atoms with Gasteiger partial charge in [0.25, 0.3) is 5.91 Å². The third kappa shape index (κ3) is 5.70. The number of amides is 1. The minimum Gasteiger partial charge on any atom is -0.369 e. The molecule has 2 aromatic heterocycles. The van der Waals surface area contributed by atoms with Gasteiger partial charge in [-0.25, -0.2) is 4.39 Å². The van der Waals surface area contributed by atoms with Gasteiger partial charge in [0, 0.05) is 55.9 Å². The van der Waals surface area contributed by atoms with Crippen LogP contribution in [0.2, 0.25) is 0 Å². The summed E-state index contributed by atoms with van der Waals surface area (Å²) in [5, 5.41) is 7.06. The second kappa shape index (κ2) is 10.8. The smallest absolute Gasteiger partial charge is 0.274 e. The molecule has 1 N–H and O–H groups in total. The summed E-state index contributed by atoms with van der Waals surface area (Å²) in [4.78, 5) is 21.7. The number of carbonyl (C=O) groups is 1. The molecule has 1 aliphatic rings. The van der Waals surface area contributed by atoms with Gasteiger partial charge >= 0.3 is 0 Å².